The quantitative estimate of drug-likeness (QED) is 0.488. The zero-order chi connectivity index (χ0) is 22.9. The van der Waals surface area contributed by atoms with Gasteiger partial charge in [-0.1, -0.05) is 29.8 Å². The predicted octanol–water partition coefficient (Wildman–Crippen LogP) is 2.53. The lowest BCUT2D eigenvalue weighted by Gasteiger charge is -2.25. The number of benzene rings is 2. The number of nitrogens with zero attached hydrogens (tertiary/aromatic N) is 3. The van der Waals surface area contributed by atoms with Gasteiger partial charge >= 0.3 is 0 Å². The summed E-state index contributed by atoms with van der Waals surface area (Å²) < 4.78 is 43.6. The van der Waals surface area contributed by atoms with Gasteiger partial charge in [0.1, 0.15) is 5.82 Å². The summed E-state index contributed by atoms with van der Waals surface area (Å²) in [6, 6.07) is 5.51. The smallest absolute Gasteiger partial charge is 0.250 e. The van der Waals surface area contributed by atoms with Gasteiger partial charge in [0.15, 0.2) is 5.82 Å². The normalized spacial score (nSPS) is 13.7. The molecule has 2 aromatic carbocycles. The molecule has 3 aromatic rings. The number of primary amides is 1. The molecule has 0 saturated carbocycles. The van der Waals surface area contributed by atoms with Crippen LogP contribution >= 0.6 is 11.6 Å². The molecule has 9 nitrogen and oxygen atoms in total. The number of aryl methyl sites for hydroxylation is 1. The Morgan fingerprint density at radius 2 is 1.97 bits per heavy atom. The molecule has 0 spiro atoms. The zero-order valence-corrected chi connectivity index (χ0v) is 18.4. The fourth-order valence-corrected chi connectivity index (χ4v) is 5.01. The van der Waals surface area contributed by atoms with Crippen molar-refractivity contribution in [3.05, 3.63) is 69.2 Å². The minimum absolute atomic E-state index is 0.00553. The number of H-pyrrole nitrogens is 1. The number of nitrogens with two attached hydrogens (primary N) is 1. The second kappa shape index (κ2) is 8.69. The van der Waals surface area contributed by atoms with Gasteiger partial charge in [-0.3, -0.25) is 4.79 Å². The summed E-state index contributed by atoms with van der Waals surface area (Å²) >= 11 is 5.88. The van der Waals surface area contributed by atoms with Crippen LogP contribution in [-0.4, -0.2) is 34.9 Å². The third kappa shape index (κ3) is 4.58. The maximum Gasteiger partial charge on any atom is 0.250 e. The van der Waals surface area contributed by atoms with Gasteiger partial charge in [-0.25, -0.2) is 12.8 Å². The summed E-state index contributed by atoms with van der Waals surface area (Å²) in [5.74, 6) is -2.18. The molecule has 2 atom stereocenters. The third-order valence-corrected chi connectivity index (χ3v) is 6.84. The zero-order valence-electron chi connectivity index (χ0n) is 16.8. The van der Waals surface area contributed by atoms with Crippen LogP contribution in [0, 0.1) is 19.7 Å². The average molecular weight is 467 g/mol. The Bertz CT molecular complexity index is 1230. The highest BCUT2D eigenvalue weighted by molar-refractivity contribution is 7.89. The molecule has 0 aliphatic heterocycles. The number of tetrazole rings is 1. The van der Waals surface area contributed by atoms with E-state index in [9.17, 15) is 17.6 Å². The lowest BCUT2D eigenvalue weighted by atomic mass is 9.88. The van der Waals surface area contributed by atoms with Crippen LogP contribution in [-0.2, 0) is 10.0 Å². The maximum atomic E-state index is 14.7. The van der Waals surface area contributed by atoms with E-state index in [0.717, 1.165) is 11.6 Å². The standard InChI is InChI=1S/C19H20ClFN6O3S/c1-9-4-6-14(21)16(10(9)2)11(3)17(19-23-26-27-24-19)25-31(29,30)15-7-5-12(20)8-13(15)18(22)28/h4-8,11,17,25H,1-3H3,(H2,22,28)(H,23,24,26,27)/t11-,17+/m1/s1. The predicted molar refractivity (Wildman–Crippen MR) is 111 cm³/mol. The lowest BCUT2D eigenvalue weighted by Crippen LogP contribution is -2.34. The van der Waals surface area contributed by atoms with Gasteiger partial charge in [-0.2, -0.15) is 9.94 Å². The number of halogens is 2. The molecule has 0 radical (unpaired) electrons. The highest BCUT2D eigenvalue weighted by Crippen LogP contribution is 2.35. The van der Waals surface area contributed by atoms with E-state index in [1.54, 1.807) is 19.9 Å². The Morgan fingerprint density at radius 1 is 1.26 bits per heavy atom. The number of aromatic amines is 1. The molecular weight excluding hydrogens is 447 g/mol. The van der Waals surface area contributed by atoms with Crippen LogP contribution < -0.4 is 10.5 Å². The molecule has 0 unspecified atom stereocenters. The lowest BCUT2D eigenvalue weighted by molar-refractivity contribution is 0.0997. The van der Waals surface area contributed by atoms with Crippen molar-refractivity contribution in [1.29, 1.82) is 0 Å². The number of nitrogens with one attached hydrogen (secondary N) is 2. The molecular formula is C19H20ClFN6O3S. The average Bonchev–Trinajstić information content (AvgIpc) is 3.23. The summed E-state index contributed by atoms with van der Waals surface area (Å²) in [5.41, 5.74) is 6.87. The topological polar surface area (TPSA) is 144 Å². The summed E-state index contributed by atoms with van der Waals surface area (Å²) in [7, 11) is -4.32. The minimum Gasteiger partial charge on any atom is -0.366 e. The summed E-state index contributed by atoms with van der Waals surface area (Å²) in [4.78, 5) is 11.4. The first kappa shape index (κ1) is 22.8. The van der Waals surface area contributed by atoms with Gasteiger partial charge < -0.3 is 5.73 Å². The van der Waals surface area contributed by atoms with Crippen LogP contribution in [0.1, 0.15) is 51.8 Å². The Hall–Kier alpha value is -2.89. The molecule has 0 saturated heterocycles. The van der Waals surface area contributed by atoms with Gasteiger partial charge in [-0.05, 0) is 54.8 Å². The Labute approximate surface area is 183 Å². The minimum atomic E-state index is -4.32. The molecule has 31 heavy (non-hydrogen) atoms. The van der Waals surface area contributed by atoms with Crippen molar-refractivity contribution in [2.45, 2.75) is 37.6 Å². The Balaban J connectivity index is 2.11. The van der Waals surface area contributed by atoms with Gasteiger partial charge in [0, 0.05) is 10.9 Å². The number of hydrogen-bond donors (Lipinski definition) is 3. The molecule has 1 heterocycles. The fraction of sp³-hybridized carbons (Fsp3) is 0.263. The van der Waals surface area contributed by atoms with Gasteiger partial charge in [0.25, 0.3) is 0 Å². The van der Waals surface area contributed by atoms with Crippen LogP contribution in [0.3, 0.4) is 0 Å². The molecule has 3 rings (SSSR count). The number of hydrogen-bond acceptors (Lipinski definition) is 6. The molecule has 4 N–H and O–H groups in total. The van der Waals surface area contributed by atoms with Gasteiger partial charge in [-0.15, -0.1) is 10.2 Å². The first-order valence-corrected chi connectivity index (χ1v) is 11.0. The van der Waals surface area contributed by atoms with Crippen LogP contribution in [0.15, 0.2) is 35.2 Å². The fourth-order valence-electron chi connectivity index (χ4n) is 3.37. The first-order valence-electron chi connectivity index (χ1n) is 9.13. The number of carbonyl (C=O) groups excluding carboxylic acids is 1. The van der Waals surface area contributed by atoms with E-state index in [1.165, 1.54) is 18.2 Å². The van der Waals surface area contributed by atoms with E-state index >= 15 is 0 Å². The SMILES string of the molecule is Cc1ccc(F)c([C@@H](C)[C@H](NS(=O)(=O)c2ccc(Cl)cc2C(N)=O)c2nn[nH]n2)c1C. The van der Waals surface area contributed by atoms with E-state index in [-0.39, 0.29) is 21.3 Å². The number of rotatable bonds is 7. The molecule has 12 heteroatoms. The molecule has 0 aliphatic rings. The van der Waals surface area contributed by atoms with Crippen molar-refractivity contribution in [3.8, 4) is 0 Å². The number of sulfonamides is 1. The van der Waals surface area contributed by atoms with Crippen molar-refractivity contribution in [2.75, 3.05) is 0 Å². The molecule has 1 aromatic heterocycles. The highest BCUT2D eigenvalue weighted by Gasteiger charge is 2.34. The summed E-state index contributed by atoms with van der Waals surface area (Å²) in [5, 5.41) is 13.7. The third-order valence-electron chi connectivity index (χ3n) is 5.11. The van der Waals surface area contributed by atoms with E-state index in [0.29, 0.717) is 11.1 Å². The number of aromatic nitrogens is 4. The van der Waals surface area contributed by atoms with Crippen LogP contribution in [0.25, 0.3) is 0 Å². The first-order chi connectivity index (χ1) is 14.5. The van der Waals surface area contributed by atoms with Crippen molar-refractivity contribution >= 4 is 27.5 Å². The van der Waals surface area contributed by atoms with Crippen LogP contribution in [0.4, 0.5) is 4.39 Å². The number of amides is 1. The maximum absolute atomic E-state index is 14.7. The van der Waals surface area contributed by atoms with Gasteiger partial charge in [0.2, 0.25) is 15.9 Å². The van der Waals surface area contributed by atoms with E-state index in [4.69, 9.17) is 17.3 Å². The molecule has 0 aliphatic carbocycles. The van der Waals surface area contributed by atoms with Crippen molar-refractivity contribution in [3.63, 3.8) is 0 Å². The molecule has 1 amide bonds. The second-order valence-corrected chi connectivity index (χ2v) is 9.18. The highest BCUT2D eigenvalue weighted by atomic mass is 35.5. The van der Waals surface area contributed by atoms with E-state index in [2.05, 4.69) is 25.3 Å². The van der Waals surface area contributed by atoms with Crippen molar-refractivity contribution in [1.82, 2.24) is 25.3 Å². The summed E-state index contributed by atoms with van der Waals surface area (Å²) in [6.45, 7) is 5.22. The Morgan fingerprint density at radius 3 is 2.58 bits per heavy atom. The Kier molecular flexibility index (Phi) is 6.39. The van der Waals surface area contributed by atoms with E-state index in [1.807, 2.05) is 6.92 Å². The number of carbonyl (C=O) groups is 1. The monoisotopic (exact) mass is 466 g/mol. The second-order valence-electron chi connectivity index (χ2n) is 7.07. The van der Waals surface area contributed by atoms with E-state index < -0.39 is 33.7 Å². The van der Waals surface area contributed by atoms with Crippen LogP contribution in [0.2, 0.25) is 5.02 Å². The van der Waals surface area contributed by atoms with Crippen LogP contribution in [0.5, 0.6) is 0 Å². The molecule has 164 valence electrons. The van der Waals surface area contributed by atoms with Crippen molar-refractivity contribution < 1.29 is 17.6 Å². The van der Waals surface area contributed by atoms with Crippen molar-refractivity contribution in [2.24, 2.45) is 5.73 Å². The largest absolute Gasteiger partial charge is 0.366 e. The summed E-state index contributed by atoms with van der Waals surface area (Å²) in [6.07, 6.45) is 0. The molecule has 0 fully saturated rings. The molecule has 0 bridgehead atoms. The van der Waals surface area contributed by atoms with Gasteiger partial charge in [0.05, 0.1) is 16.5 Å².